The van der Waals surface area contributed by atoms with Gasteiger partial charge in [0.2, 0.25) is 5.95 Å². The van der Waals surface area contributed by atoms with Gasteiger partial charge >= 0.3 is 0 Å². The quantitative estimate of drug-likeness (QED) is 0.753. The van der Waals surface area contributed by atoms with E-state index < -0.39 is 12.5 Å². The molecule has 2 atom stereocenters. The van der Waals surface area contributed by atoms with Crippen molar-refractivity contribution in [2.75, 3.05) is 25.0 Å². The van der Waals surface area contributed by atoms with Crippen LogP contribution in [0.1, 0.15) is 51.6 Å². The number of nitrogens with zero attached hydrogens (tertiary/aromatic N) is 4. The third kappa shape index (κ3) is 4.86. The highest BCUT2D eigenvalue weighted by Gasteiger charge is 2.38. The van der Waals surface area contributed by atoms with Crippen LogP contribution in [0.4, 0.5) is 14.7 Å². The molecule has 2 aromatic rings. The van der Waals surface area contributed by atoms with Crippen LogP contribution >= 0.6 is 0 Å². The largest absolute Gasteiger partial charge is 0.484 e. The smallest absolute Gasteiger partial charge is 0.260 e. The zero-order chi connectivity index (χ0) is 22.9. The van der Waals surface area contributed by atoms with E-state index in [2.05, 4.69) is 36.2 Å². The molecule has 1 aromatic carbocycles. The van der Waals surface area contributed by atoms with Crippen LogP contribution in [0.5, 0.6) is 5.75 Å². The second-order valence-corrected chi connectivity index (χ2v) is 9.70. The number of aromatic nitrogens is 3. The standard InChI is InChI=1S/C23H31F2N5O2/c1-23(2,3)16-4-6-17(7-5-16)32-13-20(31)29-10-8-15(9-11-29)18-12-19(21(24)25)30-22(28-18)26-14-27-30/h4-7,14-15,18-19,21H,8-13H2,1-3H3,(H,26,27,28)/t18-,19+/m0/s1. The van der Waals surface area contributed by atoms with Crippen molar-refractivity contribution in [3.05, 3.63) is 36.2 Å². The summed E-state index contributed by atoms with van der Waals surface area (Å²) in [6.07, 6.45) is 0.635. The summed E-state index contributed by atoms with van der Waals surface area (Å²) < 4.78 is 34.0. The molecular weight excluding hydrogens is 416 g/mol. The van der Waals surface area contributed by atoms with Crippen LogP contribution < -0.4 is 10.1 Å². The molecule has 1 saturated heterocycles. The molecule has 0 spiro atoms. The molecule has 4 rings (SSSR count). The highest BCUT2D eigenvalue weighted by atomic mass is 19.3. The third-order valence-corrected chi connectivity index (χ3v) is 6.53. The van der Waals surface area contributed by atoms with E-state index in [4.69, 9.17) is 4.74 Å². The Labute approximate surface area is 187 Å². The molecule has 9 heteroatoms. The van der Waals surface area contributed by atoms with Crippen molar-refractivity contribution in [2.45, 2.75) is 64.0 Å². The number of hydrogen-bond donors (Lipinski definition) is 1. The summed E-state index contributed by atoms with van der Waals surface area (Å²) in [7, 11) is 0. The summed E-state index contributed by atoms with van der Waals surface area (Å²) >= 11 is 0. The fourth-order valence-electron chi connectivity index (χ4n) is 4.54. The van der Waals surface area contributed by atoms with Crippen LogP contribution in [0.3, 0.4) is 0 Å². The fourth-order valence-corrected chi connectivity index (χ4v) is 4.54. The Morgan fingerprint density at radius 1 is 1.22 bits per heavy atom. The molecule has 174 valence electrons. The van der Waals surface area contributed by atoms with Crippen LogP contribution in [-0.4, -0.2) is 57.7 Å². The lowest BCUT2D eigenvalue weighted by atomic mass is 9.85. The van der Waals surface area contributed by atoms with Crippen LogP contribution in [0, 0.1) is 5.92 Å². The number of amides is 1. The minimum Gasteiger partial charge on any atom is -0.484 e. The summed E-state index contributed by atoms with van der Waals surface area (Å²) in [5.74, 6) is 1.23. The van der Waals surface area contributed by atoms with Gasteiger partial charge in [0.05, 0.1) is 0 Å². The molecule has 0 unspecified atom stereocenters. The van der Waals surface area contributed by atoms with Gasteiger partial charge in [-0.05, 0) is 48.3 Å². The molecule has 2 aliphatic rings. The van der Waals surface area contributed by atoms with Gasteiger partial charge in [-0.1, -0.05) is 32.9 Å². The van der Waals surface area contributed by atoms with Gasteiger partial charge in [-0.25, -0.2) is 13.5 Å². The monoisotopic (exact) mass is 447 g/mol. The van der Waals surface area contributed by atoms with Gasteiger partial charge in [0, 0.05) is 19.1 Å². The molecule has 1 aromatic heterocycles. The van der Waals surface area contributed by atoms with Crippen molar-refractivity contribution in [1.29, 1.82) is 0 Å². The number of anilines is 1. The van der Waals surface area contributed by atoms with Gasteiger partial charge in [0.25, 0.3) is 12.3 Å². The van der Waals surface area contributed by atoms with Gasteiger partial charge in [-0.2, -0.15) is 10.1 Å². The molecule has 0 aliphatic carbocycles. The zero-order valence-electron chi connectivity index (χ0n) is 18.8. The molecule has 3 heterocycles. The first kappa shape index (κ1) is 22.5. The first-order valence-corrected chi connectivity index (χ1v) is 11.2. The summed E-state index contributed by atoms with van der Waals surface area (Å²) in [6.45, 7) is 7.64. The Hall–Kier alpha value is -2.71. The van der Waals surface area contributed by atoms with Gasteiger partial charge in [-0.3, -0.25) is 4.79 Å². The predicted octanol–water partition coefficient (Wildman–Crippen LogP) is 3.88. The Balaban J connectivity index is 1.27. The predicted molar refractivity (Wildman–Crippen MR) is 117 cm³/mol. The number of piperidine rings is 1. The molecule has 1 N–H and O–H groups in total. The molecule has 0 radical (unpaired) electrons. The Morgan fingerprint density at radius 3 is 2.53 bits per heavy atom. The Morgan fingerprint density at radius 2 is 1.91 bits per heavy atom. The van der Waals surface area contributed by atoms with E-state index in [1.54, 1.807) is 4.90 Å². The average molecular weight is 448 g/mol. The molecule has 1 amide bonds. The number of halogens is 2. The summed E-state index contributed by atoms with van der Waals surface area (Å²) in [6, 6.07) is 6.78. The first-order chi connectivity index (χ1) is 15.2. The number of benzene rings is 1. The molecule has 0 bridgehead atoms. The molecular formula is C23H31F2N5O2. The van der Waals surface area contributed by atoms with Crippen molar-refractivity contribution >= 4 is 11.9 Å². The molecule has 7 nitrogen and oxygen atoms in total. The van der Waals surface area contributed by atoms with Crippen LogP contribution in [0.15, 0.2) is 30.6 Å². The lowest BCUT2D eigenvalue weighted by Crippen LogP contribution is -2.47. The second-order valence-electron chi connectivity index (χ2n) is 9.70. The number of hydrogen-bond acceptors (Lipinski definition) is 5. The van der Waals surface area contributed by atoms with E-state index in [1.165, 1.54) is 16.6 Å². The van der Waals surface area contributed by atoms with Crippen molar-refractivity contribution in [2.24, 2.45) is 5.92 Å². The number of nitrogens with one attached hydrogen (secondary N) is 1. The minimum atomic E-state index is -2.49. The third-order valence-electron chi connectivity index (χ3n) is 6.53. The first-order valence-electron chi connectivity index (χ1n) is 11.2. The molecule has 32 heavy (non-hydrogen) atoms. The van der Waals surface area contributed by atoms with E-state index in [1.807, 2.05) is 24.3 Å². The summed E-state index contributed by atoms with van der Waals surface area (Å²) in [5.41, 5.74) is 1.28. The minimum absolute atomic E-state index is 0.00221. The van der Waals surface area contributed by atoms with E-state index in [0.29, 0.717) is 31.2 Å². The average Bonchev–Trinajstić information content (AvgIpc) is 3.25. The highest BCUT2D eigenvalue weighted by Crippen LogP contribution is 2.35. The number of fused-ring (bicyclic) bond motifs is 1. The van der Waals surface area contributed by atoms with Crippen molar-refractivity contribution in [3.63, 3.8) is 0 Å². The maximum absolute atomic E-state index is 13.5. The van der Waals surface area contributed by atoms with Gasteiger partial charge < -0.3 is 15.0 Å². The van der Waals surface area contributed by atoms with Crippen LogP contribution in [-0.2, 0) is 10.2 Å². The SMILES string of the molecule is CC(C)(C)c1ccc(OCC(=O)N2CCC([C@@H]3C[C@H](C(F)F)n4ncnc4N3)CC2)cc1. The van der Waals surface area contributed by atoms with Gasteiger partial charge in [-0.15, -0.1) is 0 Å². The number of ether oxygens (including phenoxy) is 1. The second kappa shape index (κ2) is 9.03. The van der Waals surface area contributed by atoms with Crippen LogP contribution in [0.2, 0.25) is 0 Å². The van der Waals surface area contributed by atoms with Crippen molar-refractivity contribution < 1.29 is 18.3 Å². The topological polar surface area (TPSA) is 72.3 Å². The maximum Gasteiger partial charge on any atom is 0.260 e. The van der Waals surface area contributed by atoms with Gasteiger partial charge in [0.15, 0.2) is 6.61 Å². The molecule has 1 fully saturated rings. The zero-order valence-corrected chi connectivity index (χ0v) is 18.8. The van der Waals surface area contributed by atoms with Crippen molar-refractivity contribution in [3.8, 4) is 5.75 Å². The van der Waals surface area contributed by atoms with Crippen molar-refractivity contribution in [1.82, 2.24) is 19.7 Å². The van der Waals surface area contributed by atoms with E-state index in [-0.39, 0.29) is 29.9 Å². The lowest BCUT2D eigenvalue weighted by Gasteiger charge is -2.39. The summed E-state index contributed by atoms with van der Waals surface area (Å²) in [4.78, 5) is 18.5. The fraction of sp³-hybridized carbons (Fsp3) is 0.609. The highest BCUT2D eigenvalue weighted by molar-refractivity contribution is 5.77. The van der Waals surface area contributed by atoms with Crippen LogP contribution in [0.25, 0.3) is 0 Å². The number of likely N-dealkylation sites (tertiary alicyclic amines) is 1. The summed E-state index contributed by atoms with van der Waals surface area (Å²) in [5, 5.41) is 7.20. The lowest BCUT2D eigenvalue weighted by molar-refractivity contribution is -0.134. The number of rotatable bonds is 5. The van der Waals surface area contributed by atoms with Gasteiger partial charge in [0.1, 0.15) is 18.1 Å². The molecule has 0 saturated carbocycles. The van der Waals surface area contributed by atoms with E-state index in [0.717, 1.165) is 12.8 Å². The molecule has 2 aliphatic heterocycles. The maximum atomic E-state index is 13.5. The van der Waals surface area contributed by atoms with E-state index >= 15 is 0 Å². The number of carbonyl (C=O) groups is 1. The Bertz CT molecular complexity index is 917. The normalized spacial score (nSPS) is 21.9. The number of alkyl halides is 2. The van der Waals surface area contributed by atoms with E-state index in [9.17, 15) is 13.6 Å². The number of carbonyl (C=O) groups excluding carboxylic acids is 1. The Kier molecular flexibility index (Phi) is 6.35.